The Bertz CT molecular complexity index is 516. The molecule has 21 heavy (non-hydrogen) atoms. The van der Waals surface area contributed by atoms with Gasteiger partial charge in [0.2, 0.25) is 11.8 Å². The number of nitrogens with one attached hydrogen (secondary N) is 1. The van der Waals surface area contributed by atoms with E-state index in [2.05, 4.69) is 5.32 Å². The lowest BCUT2D eigenvalue weighted by molar-refractivity contribution is -0.150. The van der Waals surface area contributed by atoms with Crippen molar-refractivity contribution >= 4 is 17.8 Å². The Labute approximate surface area is 123 Å². The van der Waals surface area contributed by atoms with E-state index in [0.717, 1.165) is 12.8 Å². The molecule has 3 unspecified atom stereocenters. The monoisotopic (exact) mass is 292 g/mol. The molecule has 0 spiro atoms. The van der Waals surface area contributed by atoms with E-state index in [1.54, 1.807) is 4.90 Å². The lowest BCUT2D eigenvalue weighted by Gasteiger charge is -2.28. The van der Waals surface area contributed by atoms with Gasteiger partial charge in [-0.25, -0.2) is 0 Å². The van der Waals surface area contributed by atoms with E-state index in [0.29, 0.717) is 13.1 Å². The Kier molecular flexibility index (Phi) is 3.47. The predicted molar refractivity (Wildman–Crippen MR) is 74.2 cm³/mol. The molecule has 1 heterocycles. The van der Waals surface area contributed by atoms with Gasteiger partial charge in [-0.3, -0.25) is 14.4 Å². The van der Waals surface area contributed by atoms with Crippen LogP contribution < -0.4 is 5.32 Å². The summed E-state index contributed by atoms with van der Waals surface area (Å²) < 4.78 is 0. The molecular formula is C15H20N2O4. The summed E-state index contributed by atoms with van der Waals surface area (Å²) in [6.07, 6.45) is 5.45. The molecule has 6 heteroatoms. The minimum absolute atomic E-state index is 0.00445. The van der Waals surface area contributed by atoms with Gasteiger partial charge in [-0.2, -0.15) is 0 Å². The Morgan fingerprint density at radius 2 is 1.86 bits per heavy atom. The van der Waals surface area contributed by atoms with Gasteiger partial charge in [0.05, 0.1) is 11.8 Å². The largest absolute Gasteiger partial charge is 0.481 e. The van der Waals surface area contributed by atoms with Gasteiger partial charge in [0.15, 0.2) is 0 Å². The summed E-state index contributed by atoms with van der Waals surface area (Å²) in [4.78, 5) is 37.0. The van der Waals surface area contributed by atoms with Gasteiger partial charge in [-0.05, 0) is 24.7 Å². The van der Waals surface area contributed by atoms with E-state index in [1.165, 1.54) is 6.92 Å². The van der Waals surface area contributed by atoms with Crippen LogP contribution in [0.25, 0.3) is 0 Å². The number of aliphatic carboxylic acids is 1. The van der Waals surface area contributed by atoms with Crippen LogP contribution in [0.2, 0.25) is 0 Å². The van der Waals surface area contributed by atoms with E-state index >= 15 is 0 Å². The summed E-state index contributed by atoms with van der Waals surface area (Å²) in [5.74, 6) is -2.00. The van der Waals surface area contributed by atoms with Gasteiger partial charge in [-0.1, -0.05) is 12.2 Å². The number of nitrogens with zero attached hydrogens (tertiary/aromatic N) is 1. The van der Waals surface area contributed by atoms with Crippen molar-refractivity contribution < 1.29 is 19.5 Å². The predicted octanol–water partition coefficient (Wildman–Crippen LogP) is 0.246. The first-order valence-electron chi connectivity index (χ1n) is 7.44. The molecule has 1 saturated heterocycles. The molecule has 2 fully saturated rings. The third-order valence-corrected chi connectivity index (χ3v) is 4.94. The van der Waals surface area contributed by atoms with Crippen molar-refractivity contribution in [1.82, 2.24) is 10.2 Å². The van der Waals surface area contributed by atoms with Crippen LogP contribution in [-0.2, 0) is 14.4 Å². The standard InChI is InChI=1S/C15H20N2O4/c1-8(18)16-11-4-5-17(7-11)14(19)12-9-2-3-10(6-9)13(12)15(20)21/h2-3,9-13H,4-7H2,1H3,(H,16,18)(H,20,21)/t9?,10?,11?,12-,13+/m0/s1. The van der Waals surface area contributed by atoms with Gasteiger partial charge in [0.1, 0.15) is 0 Å². The average molecular weight is 292 g/mol. The summed E-state index contributed by atoms with van der Waals surface area (Å²) >= 11 is 0. The highest BCUT2D eigenvalue weighted by Crippen LogP contribution is 2.49. The molecule has 0 radical (unpaired) electrons. The fraction of sp³-hybridized carbons (Fsp3) is 0.667. The lowest BCUT2D eigenvalue weighted by Crippen LogP contribution is -2.43. The fourth-order valence-corrected chi connectivity index (χ4v) is 4.07. The van der Waals surface area contributed by atoms with Crippen LogP contribution >= 0.6 is 0 Å². The first-order valence-corrected chi connectivity index (χ1v) is 7.44. The van der Waals surface area contributed by atoms with Crippen LogP contribution in [0, 0.1) is 23.7 Å². The van der Waals surface area contributed by atoms with Crippen LogP contribution in [0.15, 0.2) is 12.2 Å². The number of carbonyl (C=O) groups is 3. The van der Waals surface area contributed by atoms with Crippen LogP contribution in [0.4, 0.5) is 0 Å². The summed E-state index contributed by atoms with van der Waals surface area (Å²) in [7, 11) is 0. The summed E-state index contributed by atoms with van der Waals surface area (Å²) in [5.41, 5.74) is 0. The van der Waals surface area contributed by atoms with Crippen LogP contribution in [0.3, 0.4) is 0 Å². The zero-order chi connectivity index (χ0) is 15.1. The lowest BCUT2D eigenvalue weighted by atomic mass is 9.82. The van der Waals surface area contributed by atoms with Crippen molar-refractivity contribution in [3.8, 4) is 0 Å². The van der Waals surface area contributed by atoms with E-state index in [9.17, 15) is 19.5 Å². The van der Waals surface area contributed by atoms with Gasteiger partial charge in [0, 0.05) is 26.1 Å². The molecule has 2 amide bonds. The number of hydrogen-bond donors (Lipinski definition) is 2. The summed E-state index contributed by atoms with van der Waals surface area (Å²) in [6.45, 7) is 2.54. The topological polar surface area (TPSA) is 86.7 Å². The van der Waals surface area contributed by atoms with E-state index in [1.807, 2.05) is 12.2 Å². The smallest absolute Gasteiger partial charge is 0.307 e. The minimum atomic E-state index is -0.872. The molecule has 5 atom stereocenters. The van der Waals surface area contributed by atoms with Gasteiger partial charge >= 0.3 is 5.97 Å². The second kappa shape index (κ2) is 5.16. The van der Waals surface area contributed by atoms with Crippen LogP contribution in [-0.4, -0.2) is 46.9 Å². The molecule has 3 rings (SSSR count). The number of hydrogen-bond acceptors (Lipinski definition) is 3. The molecule has 0 aromatic rings. The molecule has 6 nitrogen and oxygen atoms in total. The third-order valence-electron chi connectivity index (χ3n) is 4.94. The van der Waals surface area contributed by atoms with Crippen molar-refractivity contribution in [2.24, 2.45) is 23.7 Å². The van der Waals surface area contributed by atoms with Gasteiger partial charge < -0.3 is 15.3 Å². The van der Waals surface area contributed by atoms with Gasteiger partial charge in [-0.15, -0.1) is 0 Å². The zero-order valence-corrected chi connectivity index (χ0v) is 12.0. The molecule has 2 N–H and O–H groups in total. The van der Waals surface area contributed by atoms with Crippen LogP contribution in [0.1, 0.15) is 19.8 Å². The van der Waals surface area contributed by atoms with Crippen molar-refractivity contribution in [3.63, 3.8) is 0 Å². The number of allylic oxidation sites excluding steroid dienone is 2. The van der Waals surface area contributed by atoms with Gasteiger partial charge in [0.25, 0.3) is 0 Å². The highest BCUT2D eigenvalue weighted by atomic mass is 16.4. The number of carbonyl (C=O) groups excluding carboxylic acids is 2. The molecule has 3 aliphatic rings. The number of amides is 2. The molecular weight excluding hydrogens is 272 g/mol. The average Bonchev–Trinajstić information content (AvgIpc) is 3.10. The molecule has 1 saturated carbocycles. The van der Waals surface area contributed by atoms with E-state index in [-0.39, 0.29) is 29.7 Å². The van der Waals surface area contributed by atoms with Crippen molar-refractivity contribution in [2.45, 2.75) is 25.8 Å². The first-order chi connectivity index (χ1) is 9.97. The van der Waals surface area contributed by atoms with Crippen LogP contribution in [0.5, 0.6) is 0 Å². The molecule has 1 aliphatic heterocycles. The Hall–Kier alpha value is -1.85. The SMILES string of the molecule is CC(=O)NC1CCN(C(=O)[C@H]2C3C=CC(C3)[C@H]2C(=O)O)C1. The second-order valence-electron chi connectivity index (χ2n) is 6.31. The molecule has 114 valence electrons. The maximum atomic E-state index is 12.7. The zero-order valence-electron chi connectivity index (χ0n) is 12.0. The fourth-order valence-electron chi connectivity index (χ4n) is 4.07. The van der Waals surface area contributed by atoms with E-state index in [4.69, 9.17) is 0 Å². The number of carboxylic acid groups (broad SMARTS) is 1. The Balaban J connectivity index is 1.69. The summed E-state index contributed by atoms with van der Waals surface area (Å²) in [6, 6.07) is -0.0103. The van der Waals surface area contributed by atoms with Crippen molar-refractivity contribution in [1.29, 1.82) is 0 Å². The highest BCUT2D eigenvalue weighted by molar-refractivity contribution is 5.87. The third kappa shape index (κ3) is 2.43. The summed E-state index contributed by atoms with van der Waals surface area (Å²) in [5, 5.41) is 12.2. The van der Waals surface area contributed by atoms with Crippen molar-refractivity contribution in [3.05, 3.63) is 12.2 Å². The number of carboxylic acids is 1. The maximum Gasteiger partial charge on any atom is 0.307 e. The van der Waals surface area contributed by atoms with Crippen molar-refractivity contribution in [2.75, 3.05) is 13.1 Å². The first kappa shape index (κ1) is 14.1. The molecule has 2 bridgehead atoms. The molecule has 0 aromatic heterocycles. The molecule has 2 aliphatic carbocycles. The number of rotatable bonds is 3. The van der Waals surface area contributed by atoms with E-state index < -0.39 is 17.8 Å². The number of fused-ring (bicyclic) bond motifs is 2. The number of likely N-dealkylation sites (tertiary alicyclic amines) is 1. The molecule has 0 aromatic carbocycles. The maximum absolute atomic E-state index is 12.7. The second-order valence-corrected chi connectivity index (χ2v) is 6.31. The Morgan fingerprint density at radius 3 is 2.48 bits per heavy atom. The highest BCUT2D eigenvalue weighted by Gasteiger charge is 2.53. The minimum Gasteiger partial charge on any atom is -0.481 e. The quantitative estimate of drug-likeness (QED) is 0.730. The normalized spacial score (nSPS) is 37.0. The Morgan fingerprint density at radius 1 is 1.19 bits per heavy atom.